The molecule has 16 heavy (non-hydrogen) atoms. The molecule has 0 radical (unpaired) electrons. The van der Waals surface area contributed by atoms with Crippen LogP contribution in [0.4, 0.5) is 0 Å². The monoisotopic (exact) mass is 278 g/mol. The van der Waals surface area contributed by atoms with Crippen LogP contribution >= 0.6 is 15.9 Å². The van der Waals surface area contributed by atoms with E-state index in [4.69, 9.17) is 5.73 Å². The van der Waals surface area contributed by atoms with E-state index < -0.39 is 0 Å². The van der Waals surface area contributed by atoms with Gasteiger partial charge in [0.2, 0.25) is 0 Å². The number of pyridine rings is 1. The number of aromatic nitrogens is 3. The van der Waals surface area contributed by atoms with Gasteiger partial charge in [-0.05, 0) is 34.0 Å². The third kappa shape index (κ3) is 2.84. The van der Waals surface area contributed by atoms with E-state index in [1.807, 2.05) is 12.3 Å². The Balaban J connectivity index is 2.11. The van der Waals surface area contributed by atoms with Crippen LogP contribution in [0.25, 0.3) is 0 Å². The van der Waals surface area contributed by atoms with Gasteiger partial charge < -0.3 is 5.73 Å². The summed E-state index contributed by atoms with van der Waals surface area (Å²) in [5, 5.41) is 0. The normalized spacial score (nSPS) is 12.4. The molecule has 4 nitrogen and oxygen atoms in total. The second-order valence-electron chi connectivity index (χ2n) is 3.49. The van der Waals surface area contributed by atoms with Gasteiger partial charge in [-0.25, -0.2) is 9.97 Å². The molecule has 2 N–H and O–H groups in total. The van der Waals surface area contributed by atoms with Crippen LogP contribution in [0, 0.1) is 0 Å². The van der Waals surface area contributed by atoms with E-state index in [1.54, 1.807) is 18.6 Å². The fourth-order valence-corrected chi connectivity index (χ4v) is 1.85. The number of hydrogen-bond donors (Lipinski definition) is 1. The van der Waals surface area contributed by atoms with Gasteiger partial charge in [0, 0.05) is 40.9 Å². The molecule has 1 atom stereocenters. The molecule has 82 valence electrons. The molecule has 0 amide bonds. The number of nitrogens with zero attached hydrogens (tertiary/aromatic N) is 3. The molecule has 0 saturated carbocycles. The van der Waals surface area contributed by atoms with Gasteiger partial charge in [-0.3, -0.25) is 4.98 Å². The Morgan fingerprint density at radius 2 is 1.88 bits per heavy atom. The summed E-state index contributed by atoms with van der Waals surface area (Å²) in [7, 11) is 0. The van der Waals surface area contributed by atoms with Crippen LogP contribution in [0.5, 0.6) is 0 Å². The number of rotatable bonds is 3. The lowest BCUT2D eigenvalue weighted by atomic mass is 10.0. The predicted molar refractivity (Wildman–Crippen MR) is 64.6 cm³/mol. The summed E-state index contributed by atoms with van der Waals surface area (Å²) in [6.07, 6.45) is 9.26. The Morgan fingerprint density at radius 1 is 1.12 bits per heavy atom. The van der Waals surface area contributed by atoms with E-state index in [0.717, 1.165) is 22.0 Å². The van der Waals surface area contributed by atoms with Crippen LogP contribution in [0.2, 0.25) is 0 Å². The summed E-state index contributed by atoms with van der Waals surface area (Å²) >= 11 is 3.38. The summed E-state index contributed by atoms with van der Waals surface area (Å²) in [4.78, 5) is 12.0. The molecular weight excluding hydrogens is 268 g/mol. The van der Waals surface area contributed by atoms with Gasteiger partial charge >= 0.3 is 0 Å². The quantitative estimate of drug-likeness (QED) is 0.931. The van der Waals surface area contributed by atoms with Gasteiger partial charge in [-0.2, -0.15) is 0 Å². The Bertz CT molecular complexity index is 461. The average Bonchev–Trinajstić information content (AvgIpc) is 2.30. The highest BCUT2D eigenvalue weighted by Gasteiger charge is 2.07. The highest BCUT2D eigenvalue weighted by Crippen LogP contribution is 2.16. The molecule has 0 aliphatic heterocycles. The van der Waals surface area contributed by atoms with E-state index >= 15 is 0 Å². The van der Waals surface area contributed by atoms with Crippen LogP contribution < -0.4 is 5.73 Å². The molecule has 2 heterocycles. The molecule has 2 aromatic heterocycles. The highest BCUT2D eigenvalue weighted by atomic mass is 79.9. The molecule has 2 rings (SSSR count). The van der Waals surface area contributed by atoms with E-state index in [2.05, 4.69) is 30.9 Å². The first-order chi connectivity index (χ1) is 7.75. The molecule has 2 aromatic rings. The zero-order valence-corrected chi connectivity index (χ0v) is 10.1. The minimum atomic E-state index is -0.0997. The Kier molecular flexibility index (Phi) is 3.58. The fourth-order valence-electron chi connectivity index (χ4n) is 1.44. The average molecular weight is 279 g/mol. The number of hydrogen-bond acceptors (Lipinski definition) is 4. The molecule has 0 aliphatic rings. The van der Waals surface area contributed by atoms with Crippen LogP contribution in [0.15, 0.2) is 41.7 Å². The van der Waals surface area contributed by atoms with Gasteiger partial charge in [0.05, 0.1) is 0 Å². The number of nitrogens with two attached hydrogens (primary N) is 1. The highest BCUT2D eigenvalue weighted by molar-refractivity contribution is 9.10. The van der Waals surface area contributed by atoms with Crippen molar-refractivity contribution < 1.29 is 0 Å². The largest absolute Gasteiger partial charge is 0.324 e. The maximum Gasteiger partial charge on any atom is 0.115 e. The number of halogens is 1. The van der Waals surface area contributed by atoms with Crippen LogP contribution in [0.1, 0.15) is 17.2 Å². The summed E-state index contributed by atoms with van der Waals surface area (Å²) in [5.74, 6) is 0. The zero-order valence-electron chi connectivity index (χ0n) is 8.55. The van der Waals surface area contributed by atoms with Crippen LogP contribution in [-0.4, -0.2) is 15.0 Å². The minimum Gasteiger partial charge on any atom is -0.324 e. The third-order valence-electron chi connectivity index (χ3n) is 2.23. The van der Waals surface area contributed by atoms with Crippen LogP contribution in [-0.2, 0) is 6.42 Å². The topological polar surface area (TPSA) is 64.7 Å². The lowest BCUT2D eigenvalue weighted by molar-refractivity contribution is 0.710. The van der Waals surface area contributed by atoms with Gasteiger partial charge in [-0.1, -0.05) is 0 Å². The molecule has 0 fully saturated rings. The molecule has 0 spiro atoms. The van der Waals surface area contributed by atoms with E-state index in [0.29, 0.717) is 0 Å². The smallest absolute Gasteiger partial charge is 0.115 e. The maximum absolute atomic E-state index is 6.05. The molecule has 5 heteroatoms. The first kappa shape index (κ1) is 11.2. The maximum atomic E-state index is 6.05. The van der Waals surface area contributed by atoms with Crippen molar-refractivity contribution in [2.45, 2.75) is 12.5 Å². The van der Waals surface area contributed by atoms with Crippen molar-refractivity contribution in [3.63, 3.8) is 0 Å². The van der Waals surface area contributed by atoms with Crippen molar-refractivity contribution in [1.29, 1.82) is 0 Å². The molecule has 1 unspecified atom stereocenters. The van der Waals surface area contributed by atoms with Crippen LogP contribution in [0.3, 0.4) is 0 Å². The van der Waals surface area contributed by atoms with E-state index in [-0.39, 0.29) is 6.04 Å². The first-order valence-electron chi connectivity index (χ1n) is 4.85. The van der Waals surface area contributed by atoms with Gasteiger partial charge in [0.1, 0.15) is 6.33 Å². The summed E-state index contributed by atoms with van der Waals surface area (Å²) in [5.41, 5.74) is 8.08. The summed E-state index contributed by atoms with van der Waals surface area (Å²) in [6.45, 7) is 0. The van der Waals surface area contributed by atoms with Crippen molar-refractivity contribution in [2.24, 2.45) is 5.73 Å². The summed E-state index contributed by atoms with van der Waals surface area (Å²) < 4.78 is 0.960. The second kappa shape index (κ2) is 5.14. The third-order valence-corrected chi connectivity index (χ3v) is 2.66. The van der Waals surface area contributed by atoms with Gasteiger partial charge in [0.25, 0.3) is 0 Å². The molecule has 0 saturated heterocycles. The Hall–Kier alpha value is -1.33. The first-order valence-corrected chi connectivity index (χ1v) is 5.65. The minimum absolute atomic E-state index is 0.0997. The standard InChI is InChI=1S/C11H11BrN4/c12-10-1-8(3-14-6-10)2-11(13)9-4-15-7-16-5-9/h1,3-7,11H,2,13H2. The predicted octanol–water partition coefficient (Wildman–Crippen LogP) is 1.88. The van der Waals surface area contributed by atoms with Crippen molar-refractivity contribution in [3.05, 3.63) is 52.8 Å². The zero-order chi connectivity index (χ0) is 11.4. The molecule has 0 aliphatic carbocycles. The summed E-state index contributed by atoms with van der Waals surface area (Å²) in [6, 6.07) is 1.91. The fraction of sp³-hybridized carbons (Fsp3) is 0.182. The second-order valence-corrected chi connectivity index (χ2v) is 4.41. The Morgan fingerprint density at radius 3 is 2.56 bits per heavy atom. The van der Waals surface area contributed by atoms with Crippen molar-refractivity contribution in [1.82, 2.24) is 15.0 Å². The lowest BCUT2D eigenvalue weighted by Gasteiger charge is -2.10. The van der Waals surface area contributed by atoms with Gasteiger partial charge in [0.15, 0.2) is 0 Å². The van der Waals surface area contributed by atoms with Gasteiger partial charge in [-0.15, -0.1) is 0 Å². The van der Waals surface area contributed by atoms with E-state index in [9.17, 15) is 0 Å². The van der Waals surface area contributed by atoms with E-state index in [1.165, 1.54) is 6.33 Å². The molecule has 0 bridgehead atoms. The van der Waals surface area contributed by atoms with Crippen molar-refractivity contribution in [3.8, 4) is 0 Å². The Labute approximate surface area is 102 Å². The van der Waals surface area contributed by atoms with Crippen molar-refractivity contribution in [2.75, 3.05) is 0 Å². The molecule has 0 aromatic carbocycles. The SMILES string of the molecule is NC(Cc1cncc(Br)c1)c1cncnc1. The van der Waals surface area contributed by atoms with Crippen molar-refractivity contribution >= 4 is 15.9 Å². The lowest BCUT2D eigenvalue weighted by Crippen LogP contribution is -2.14. The molecular formula is C11H11BrN4.